The molecule has 2 aromatic carbocycles. The second-order valence-electron chi connectivity index (χ2n) is 7.30. The molecule has 0 saturated heterocycles. The van der Waals surface area contributed by atoms with Gasteiger partial charge in [-0.1, -0.05) is 23.9 Å². The normalized spacial score (nSPS) is 10.6. The monoisotopic (exact) mass is 450 g/mol. The summed E-state index contributed by atoms with van der Waals surface area (Å²) in [6.45, 7) is 10.2. The summed E-state index contributed by atoms with van der Waals surface area (Å²) in [5.74, 6) is 1.40. The molecule has 1 heterocycles. The highest BCUT2D eigenvalue weighted by Gasteiger charge is 2.14. The molecule has 7 nitrogen and oxygen atoms in total. The Kier molecular flexibility index (Phi) is 7.83. The standard InChI is InChI=1S/C24H26N4O3S/c1-5-12-28-22(14-31-21-11-6-16(2)17(3)13-21)26-27-24(28)32-15-23(30)25-20-9-7-19(8-10-20)18(4)29/h5-11,13H,1,12,14-15H2,2-4H3,(H,25,30). The highest BCUT2D eigenvalue weighted by molar-refractivity contribution is 7.99. The minimum absolute atomic E-state index is 0.0164. The molecule has 0 atom stereocenters. The van der Waals surface area contributed by atoms with E-state index in [4.69, 9.17) is 4.74 Å². The number of aryl methyl sites for hydroxylation is 2. The van der Waals surface area contributed by atoms with Gasteiger partial charge in [0.25, 0.3) is 0 Å². The number of thioether (sulfide) groups is 1. The van der Waals surface area contributed by atoms with E-state index in [1.807, 2.05) is 29.7 Å². The zero-order valence-corrected chi connectivity index (χ0v) is 19.2. The first-order valence-corrected chi connectivity index (χ1v) is 11.1. The number of nitrogens with zero attached hydrogens (tertiary/aromatic N) is 3. The van der Waals surface area contributed by atoms with Crippen LogP contribution in [0, 0.1) is 13.8 Å². The lowest BCUT2D eigenvalue weighted by molar-refractivity contribution is -0.113. The number of aromatic nitrogens is 3. The molecule has 0 aliphatic carbocycles. The van der Waals surface area contributed by atoms with Crippen LogP contribution < -0.4 is 10.1 Å². The number of amides is 1. The molecule has 0 fully saturated rings. The van der Waals surface area contributed by atoms with Crippen molar-refractivity contribution in [3.63, 3.8) is 0 Å². The van der Waals surface area contributed by atoms with Gasteiger partial charge in [0.15, 0.2) is 16.8 Å². The summed E-state index contributed by atoms with van der Waals surface area (Å²) in [5, 5.41) is 11.9. The van der Waals surface area contributed by atoms with Crippen molar-refractivity contribution >= 4 is 29.1 Å². The van der Waals surface area contributed by atoms with E-state index in [0.29, 0.717) is 28.8 Å². The average Bonchev–Trinajstić information content (AvgIpc) is 3.15. The second-order valence-corrected chi connectivity index (χ2v) is 8.25. The van der Waals surface area contributed by atoms with E-state index >= 15 is 0 Å². The minimum atomic E-state index is -0.174. The predicted molar refractivity (Wildman–Crippen MR) is 126 cm³/mol. The lowest BCUT2D eigenvalue weighted by Crippen LogP contribution is -2.15. The van der Waals surface area contributed by atoms with Crippen molar-refractivity contribution in [2.75, 3.05) is 11.1 Å². The van der Waals surface area contributed by atoms with Crippen LogP contribution in [0.4, 0.5) is 5.69 Å². The van der Waals surface area contributed by atoms with Gasteiger partial charge in [0.05, 0.1) is 5.75 Å². The third kappa shape index (κ3) is 6.07. The zero-order chi connectivity index (χ0) is 23.1. The van der Waals surface area contributed by atoms with Crippen molar-refractivity contribution in [2.24, 2.45) is 0 Å². The van der Waals surface area contributed by atoms with Crippen molar-refractivity contribution in [2.45, 2.75) is 39.1 Å². The highest BCUT2D eigenvalue weighted by Crippen LogP contribution is 2.21. The van der Waals surface area contributed by atoms with Gasteiger partial charge < -0.3 is 10.1 Å². The molecule has 0 saturated carbocycles. The Labute approximate surface area is 191 Å². The number of ketones is 1. The van der Waals surface area contributed by atoms with E-state index in [1.54, 1.807) is 30.3 Å². The van der Waals surface area contributed by atoms with E-state index < -0.39 is 0 Å². The predicted octanol–water partition coefficient (Wildman–Crippen LogP) is 4.59. The Morgan fingerprint density at radius 2 is 1.88 bits per heavy atom. The number of anilines is 1. The lowest BCUT2D eigenvalue weighted by Gasteiger charge is -2.10. The fourth-order valence-electron chi connectivity index (χ4n) is 2.91. The van der Waals surface area contributed by atoms with Crippen LogP contribution in [0.2, 0.25) is 0 Å². The van der Waals surface area contributed by atoms with Crippen LogP contribution in [0.1, 0.15) is 34.2 Å². The van der Waals surface area contributed by atoms with Crippen molar-refractivity contribution in [1.82, 2.24) is 14.8 Å². The molecule has 1 amide bonds. The topological polar surface area (TPSA) is 86.1 Å². The SMILES string of the molecule is C=CCn1c(COc2ccc(C)c(C)c2)nnc1SCC(=O)Nc1ccc(C(C)=O)cc1. The third-order valence-electron chi connectivity index (χ3n) is 4.86. The molecule has 3 aromatic rings. The van der Waals surface area contributed by atoms with E-state index in [1.165, 1.54) is 24.2 Å². The number of benzene rings is 2. The maximum Gasteiger partial charge on any atom is 0.234 e. The van der Waals surface area contributed by atoms with Crippen LogP contribution in [0.25, 0.3) is 0 Å². The molecule has 1 aromatic heterocycles. The Hall–Kier alpha value is -3.39. The quantitative estimate of drug-likeness (QED) is 0.276. The van der Waals surface area contributed by atoms with Crippen LogP contribution in [-0.4, -0.2) is 32.2 Å². The van der Waals surface area contributed by atoms with Gasteiger partial charge in [-0.05, 0) is 68.3 Å². The summed E-state index contributed by atoms with van der Waals surface area (Å²) in [7, 11) is 0. The van der Waals surface area contributed by atoms with Gasteiger partial charge in [-0.15, -0.1) is 16.8 Å². The van der Waals surface area contributed by atoms with Gasteiger partial charge in [0, 0.05) is 17.8 Å². The Morgan fingerprint density at radius 3 is 2.53 bits per heavy atom. The van der Waals surface area contributed by atoms with Crippen molar-refractivity contribution in [3.8, 4) is 5.75 Å². The van der Waals surface area contributed by atoms with Crippen molar-refractivity contribution in [3.05, 3.63) is 77.6 Å². The lowest BCUT2D eigenvalue weighted by atomic mass is 10.1. The van der Waals surface area contributed by atoms with Crippen LogP contribution >= 0.6 is 11.8 Å². The van der Waals surface area contributed by atoms with Crippen molar-refractivity contribution < 1.29 is 14.3 Å². The molecule has 0 unspecified atom stereocenters. The first-order valence-electron chi connectivity index (χ1n) is 10.1. The fraction of sp³-hybridized carbons (Fsp3) is 0.250. The third-order valence-corrected chi connectivity index (χ3v) is 5.83. The van der Waals surface area contributed by atoms with Crippen LogP contribution in [0.15, 0.2) is 60.3 Å². The molecule has 0 bridgehead atoms. The summed E-state index contributed by atoms with van der Waals surface area (Å²) in [6.07, 6.45) is 1.75. The molecule has 0 spiro atoms. The first kappa shape index (κ1) is 23.3. The Balaban J connectivity index is 1.60. The van der Waals surface area contributed by atoms with Gasteiger partial charge in [-0.3, -0.25) is 14.2 Å². The fourth-order valence-corrected chi connectivity index (χ4v) is 3.68. The van der Waals surface area contributed by atoms with E-state index in [9.17, 15) is 9.59 Å². The molecule has 1 N–H and O–H groups in total. The molecule has 0 radical (unpaired) electrons. The molecular formula is C24H26N4O3S. The molecular weight excluding hydrogens is 424 g/mol. The van der Waals surface area contributed by atoms with Crippen LogP contribution in [0.5, 0.6) is 5.75 Å². The zero-order valence-electron chi connectivity index (χ0n) is 18.4. The van der Waals surface area contributed by atoms with Gasteiger partial charge in [-0.25, -0.2) is 0 Å². The number of carbonyl (C=O) groups excluding carboxylic acids is 2. The number of allylic oxidation sites excluding steroid dienone is 1. The van der Waals surface area contributed by atoms with Crippen LogP contribution in [0.3, 0.4) is 0 Å². The van der Waals surface area contributed by atoms with E-state index in [-0.39, 0.29) is 24.1 Å². The molecule has 0 aliphatic rings. The number of rotatable bonds is 10. The highest BCUT2D eigenvalue weighted by atomic mass is 32.2. The summed E-state index contributed by atoms with van der Waals surface area (Å²) < 4.78 is 7.77. The van der Waals surface area contributed by atoms with Gasteiger partial charge >= 0.3 is 0 Å². The van der Waals surface area contributed by atoms with Gasteiger partial charge in [-0.2, -0.15) is 0 Å². The minimum Gasteiger partial charge on any atom is -0.486 e. The summed E-state index contributed by atoms with van der Waals surface area (Å²) in [4.78, 5) is 23.7. The first-order chi connectivity index (χ1) is 15.4. The molecule has 0 aliphatic heterocycles. The number of Topliss-reactive ketones (excluding diaryl/α,β-unsaturated/α-hetero) is 1. The Morgan fingerprint density at radius 1 is 1.12 bits per heavy atom. The second kappa shape index (κ2) is 10.8. The molecule has 32 heavy (non-hydrogen) atoms. The average molecular weight is 451 g/mol. The smallest absolute Gasteiger partial charge is 0.234 e. The largest absolute Gasteiger partial charge is 0.486 e. The summed E-state index contributed by atoms with van der Waals surface area (Å²) in [5.41, 5.74) is 3.60. The van der Waals surface area contributed by atoms with E-state index in [2.05, 4.69) is 29.0 Å². The van der Waals surface area contributed by atoms with E-state index in [0.717, 1.165) is 11.3 Å². The number of carbonyl (C=O) groups is 2. The number of hydrogen-bond donors (Lipinski definition) is 1. The number of nitrogens with one attached hydrogen (secondary N) is 1. The molecule has 166 valence electrons. The van der Waals surface area contributed by atoms with Crippen LogP contribution in [-0.2, 0) is 17.9 Å². The van der Waals surface area contributed by atoms with Gasteiger partial charge in [0.2, 0.25) is 5.91 Å². The summed E-state index contributed by atoms with van der Waals surface area (Å²) in [6, 6.07) is 12.7. The maximum atomic E-state index is 12.3. The van der Waals surface area contributed by atoms with Crippen molar-refractivity contribution in [1.29, 1.82) is 0 Å². The Bertz CT molecular complexity index is 1120. The number of hydrogen-bond acceptors (Lipinski definition) is 6. The molecule has 3 rings (SSSR count). The number of ether oxygens (including phenoxy) is 1. The maximum absolute atomic E-state index is 12.3. The van der Waals surface area contributed by atoms with Gasteiger partial charge in [0.1, 0.15) is 12.4 Å². The molecule has 8 heteroatoms. The summed E-state index contributed by atoms with van der Waals surface area (Å²) >= 11 is 1.29.